The van der Waals surface area contributed by atoms with Crippen LogP contribution in [-0.2, 0) is 39.0 Å². The van der Waals surface area contributed by atoms with E-state index in [1.54, 1.807) is 18.6 Å². The average molecular weight is 585 g/mol. The fraction of sp³-hybridized carbons (Fsp3) is 0.314. The molecule has 4 aromatic rings. The molecule has 4 rings (SSSR count). The average Bonchev–Trinajstić information content (AvgIpc) is 3.46. The first kappa shape index (κ1) is 31.1. The molecule has 0 amide bonds. The van der Waals surface area contributed by atoms with Crippen LogP contribution in [-0.4, -0.2) is 39.4 Å². The molecule has 1 atom stereocenters. The van der Waals surface area contributed by atoms with E-state index in [1.165, 1.54) is 0 Å². The van der Waals surface area contributed by atoms with Crippen molar-refractivity contribution in [1.82, 2.24) is 9.55 Å². The Kier molecular flexibility index (Phi) is 11.9. The quantitative estimate of drug-likeness (QED) is 0.103. The molecule has 0 N–H and O–H groups in total. The highest BCUT2D eigenvalue weighted by atomic mass is 32.2. The number of allylic oxidation sites excluding steroid dienone is 1. The molecule has 0 saturated heterocycles. The van der Waals surface area contributed by atoms with E-state index in [0.717, 1.165) is 70.1 Å². The number of ketones is 1. The fourth-order valence-electron chi connectivity index (χ4n) is 4.48. The van der Waals surface area contributed by atoms with Gasteiger partial charge in [-0.1, -0.05) is 55.8 Å². The van der Waals surface area contributed by atoms with Crippen LogP contribution in [0.25, 0.3) is 17.2 Å². The smallest absolute Gasteiger partial charge is 0.160 e. The topological polar surface area (TPSA) is 70.4 Å². The third-order valence-electron chi connectivity index (χ3n) is 7.04. The summed E-state index contributed by atoms with van der Waals surface area (Å²) < 4.78 is 26.2. The molecule has 3 aromatic carbocycles. The third-order valence-corrected chi connectivity index (χ3v) is 8.39. The number of benzene rings is 3. The Bertz CT molecular complexity index is 1490. The lowest BCUT2D eigenvalue weighted by molar-refractivity contribution is -0.113. The summed E-state index contributed by atoms with van der Waals surface area (Å²) in [5, 5.41) is 0. The van der Waals surface area contributed by atoms with E-state index in [2.05, 4.69) is 30.1 Å². The minimum atomic E-state index is -1.17. The number of aryl methyl sites for hydroxylation is 2. The summed E-state index contributed by atoms with van der Waals surface area (Å²) in [7, 11) is -1.17. The van der Waals surface area contributed by atoms with Crippen molar-refractivity contribution in [1.29, 1.82) is 0 Å². The molecule has 1 heterocycles. The Morgan fingerprint density at radius 3 is 2.45 bits per heavy atom. The third kappa shape index (κ3) is 9.10. The fourth-order valence-corrected chi connectivity index (χ4v) is 5.60. The van der Waals surface area contributed by atoms with Crippen molar-refractivity contribution in [3.63, 3.8) is 0 Å². The van der Waals surface area contributed by atoms with Crippen molar-refractivity contribution in [2.45, 2.75) is 57.2 Å². The van der Waals surface area contributed by atoms with Crippen LogP contribution in [0.15, 0.2) is 90.2 Å². The Balaban J connectivity index is 1.31. The van der Waals surface area contributed by atoms with Gasteiger partial charge in [-0.3, -0.25) is 9.00 Å². The summed E-state index contributed by atoms with van der Waals surface area (Å²) in [5.74, 6) is 1.25. The van der Waals surface area contributed by atoms with Gasteiger partial charge in [0, 0.05) is 30.7 Å². The number of imidazole rings is 1. The molecule has 42 heavy (non-hydrogen) atoms. The van der Waals surface area contributed by atoms with Crippen molar-refractivity contribution < 1.29 is 18.5 Å². The molecule has 0 radical (unpaired) electrons. The van der Waals surface area contributed by atoms with Crippen LogP contribution in [0, 0.1) is 6.92 Å². The normalized spacial score (nSPS) is 12.1. The molecule has 0 spiro atoms. The Morgan fingerprint density at radius 1 is 0.952 bits per heavy atom. The molecule has 0 bridgehead atoms. The molecule has 0 aliphatic rings. The van der Waals surface area contributed by atoms with Gasteiger partial charge in [0.05, 0.1) is 35.2 Å². The minimum Gasteiger partial charge on any atom is -0.491 e. The predicted octanol–water partition coefficient (Wildman–Crippen LogP) is 7.21. The number of hydrogen-bond acceptors (Lipinski definition) is 5. The van der Waals surface area contributed by atoms with Gasteiger partial charge in [-0.05, 0) is 84.5 Å². The Hall–Kier alpha value is -3.81. The first-order chi connectivity index (χ1) is 20.5. The zero-order chi connectivity index (χ0) is 29.7. The van der Waals surface area contributed by atoms with Gasteiger partial charge in [0.25, 0.3) is 0 Å². The summed E-state index contributed by atoms with van der Waals surface area (Å²) in [6.45, 7) is 8.92. The number of unbranched alkanes of at least 4 members (excludes halogenated alkanes) is 1. The van der Waals surface area contributed by atoms with Crippen LogP contribution in [0.2, 0.25) is 0 Å². The molecule has 0 saturated carbocycles. The summed E-state index contributed by atoms with van der Waals surface area (Å²) >= 11 is 0. The molecule has 0 aliphatic heterocycles. The van der Waals surface area contributed by atoms with Gasteiger partial charge in [0.15, 0.2) is 5.78 Å². The van der Waals surface area contributed by atoms with Gasteiger partial charge in [-0.25, -0.2) is 4.98 Å². The molecule has 0 unspecified atom stereocenters. The maximum atomic E-state index is 12.8. The van der Waals surface area contributed by atoms with Gasteiger partial charge >= 0.3 is 0 Å². The van der Waals surface area contributed by atoms with E-state index in [4.69, 9.17) is 9.47 Å². The van der Waals surface area contributed by atoms with Gasteiger partial charge in [0.1, 0.15) is 12.4 Å². The summed E-state index contributed by atoms with van der Waals surface area (Å²) in [6.07, 6.45) is 9.53. The number of aromatic nitrogens is 2. The highest BCUT2D eigenvalue weighted by Crippen LogP contribution is 2.25. The van der Waals surface area contributed by atoms with E-state index in [0.29, 0.717) is 19.0 Å². The molecule has 0 fully saturated rings. The number of carbonyl (C=O) groups excluding carboxylic acids is 1. The largest absolute Gasteiger partial charge is 0.491 e. The van der Waals surface area contributed by atoms with Crippen molar-refractivity contribution >= 4 is 22.7 Å². The lowest BCUT2D eigenvalue weighted by atomic mass is 9.99. The Labute approximate surface area is 251 Å². The van der Waals surface area contributed by atoms with Crippen LogP contribution in [0.3, 0.4) is 0 Å². The van der Waals surface area contributed by atoms with Crippen LogP contribution in [0.4, 0.5) is 0 Å². The number of hydrogen-bond donors (Lipinski definition) is 0. The van der Waals surface area contributed by atoms with Crippen molar-refractivity contribution in [2.24, 2.45) is 0 Å². The first-order valence-corrected chi connectivity index (χ1v) is 15.9. The van der Waals surface area contributed by atoms with Crippen LogP contribution in [0.5, 0.6) is 5.75 Å². The van der Waals surface area contributed by atoms with Gasteiger partial charge in [-0.15, -0.1) is 0 Å². The summed E-state index contributed by atoms with van der Waals surface area (Å²) in [6, 6.07) is 21.8. The van der Waals surface area contributed by atoms with Crippen LogP contribution in [0.1, 0.15) is 49.1 Å². The van der Waals surface area contributed by atoms with Gasteiger partial charge in [0.2, 0.25) is 0 Å². The van der Waals surface area contributed by atoms with Crippen molar-refractivity contribution in [2.75, 3.05) is 19.8 Å². The van der Waals surface area contributed by atoms with E-state index >= 15 is 0 Å². The monoisotopic (exact) mass is 584 g/mol. The molecule has 220 valence electrons. The van der Waals surface area contributed by atoms with Crippen LogP contribution >= 0.6 is 0 Å². The van der Waals surface area contributed by atoms with Crippen LogP contribution < -0.4 is 4.74 Å². The highest BCUT2D eigenvalue weighted by Gasteiger charge is 2.10. The minimum absolute atomic E-state index is 0.0145. The van der Waals surface area contributed by atoms with Gasteiger partial charge in [-0.2, -0.15) is 0 Å². The molecule has 7 heteroatoms. The summed E-state index contributed by atoms with van der Waals surface area (Å²) in [5.41, 5.74) is 6.10. The highest BCUT2D eigenvalue weighted by molar-refractivity contribution is 7.84. The van der Waals surface area contributed by atoms with Crippen molar-refractivity contribution in [3.05, 3.63) is 108 Å². The molecular weight excluding hydrogens is 544 g/mol. The van der Waals surface area contributed by atoms with Crippen molar-refractivity contribution in [3.8, 4) is 16.9 Å². The standard InChI is InChI=1S/C35H40N2O4S/c1-4-6-19-40-20-21-41-34-15-12-29(13-16-34)31-10-7-27(3)30(23-31)11-14-33(38)22-28-8-17-35(18-9-28)42(39)25-32-24-36-26-37(32)5-2/h7-18,23-24,26H,4-6,19-22,25H2,1-3H3/b14-11+/t42-/m1/s1. The number of ether oxygens (including phenoxy) is 2. The van der Waals surface area contributed by atoms with E-state index in [9.17, 15) is 9.00 Å². The van der Waals surface area contributed by atoms with E-state index < -0.39 is 10.8 Å². The zero-order valence-corrected chi connectivity index (χ0v) is 25.6. The lowest BCUT2D eigenvalue weighted by Crippen LogP contribution is -2.07. The molecule has 1 aromatic heterocycles. The molecular formula is C35H40N2O4S. The second-order valence-electron chi connectivity index (χ2n) is 10.2. The molecule has 6 nitrogen and oxygen atoms in total. The number of carbonyl (C=O) groups is 1. The summed E-state index contributed by atoms with van der Waals surface area (Å²) in [4.78, 5) is 17.7. The van der Waals surface area contributed by atoms with E-state index in [1.807, 2.05) is 73.0 Å². The zero-order valence-electron chi connectivity index (χ0n) is 24.8. The second-order valence-corrected chi connectivity index (χ2v) is 11.6. The number of rotatable bonds is 16. The maximum Gasteiger partial charge on any atom is 0.160 e. The predicted molar refractivity (Wildman–Crippen MR) is 170 cm³/mol. The Morgan fingerprint density at radius 2 is 1.71 bits per heavy atom. The lowest BCUT2D eigenvalue weighted by Gasteiger charge is -2.09. The van der Waals surface area contributed by atoms with E-state index in [-0.39, 0.29) is 12.2 Å². The maximum absolute atomic E-state index is 12.8. The number of nitrogens with zero attached hydrogens (tertiary/aromatic N) is 2. The molecule has 0 aliphatic carbocycles. The van der Waals surface area contributed by atoms with Gasteiger partial charge < -0.3 is 14.0 Å². The first-order valence-electron chi connectivity index (χ1n) is 14.6. The second kappa shape index (κ2) is 16.0. The SMILES string of the molecule is CCCCOCCOc1ccc(-c2ccc(C)c(/C=C/C(=O)Cc3ccc([S@](=O)Cc4cncn4CC)cc3)c2)cc1.